The Kier molecular flexibility index (Phi) is 5.35. The Labute approximate surface area is 150 Å². The highest BCUT2D eigenvalue weighted by molar-refractivity contribution is 7.46. The Morgan fingerprint density at radius 3 is 2.52 bits per heavy atom. The fourth-order valence-electron chi connectivity index (χ4n) is 2.58. The normalized spacial score (nSPS) is 26.7. The Bertz CT molecular complexity index is 926. The number of nitrogen functional groups attached to an aromatic ring is 1. The van der Waals surface area contributed by atoms with E-state index >= 15 is 0 Å². The summed E-state index contributed by atoms with van der Waals surface area (Å²) in [7, 11) is -9.94. The van der Waals surface area contributed by atoms with Crippen molar-refractivity contribution in [3.63, 3.8) is 0 Å². The van der Waals surface area contributed by atoms with Gasteiger partial charge in [-0.25, -0.2) is 24.1 Å². The van der Waals surface area contributed by atoms with Gasteiger partial charge < -0.3 is 35.2 Å². The maximum atomic E-state index is 11.3. The number of anilines is 1. The SMILES string of the molecule is Nc1ncnc2c1ncn2[C@H]1O[C@@H](COP(=O)(O)O)C(O)[C@H]1OP(=O)(O)O. The zero-order chi connectivity index (χ0) is 20.0. The number of fused-ring (bicyclic) bond motifs is 1. The highest BCUT2D eigenvalue weighted by Gasteiger charge is 2.49. The van der Waals surface area contributed by atoms with Crippen LogP contribution in [0, 0.1) is 0 Å². The summed E-state index contributed by atoms with van der Waals surface area (Å²) in [6.07, 6.45) is -3.78. The molecule has 15 nitrogen and oxygen atoms in total. The number of nitrogens with two attached hydrogens (primary N) is 1. The van der Waals surface area contributed by atoms with E-state index in [0.29, 0.717) is 0 Å². The number of rotatable bonds is 6. The molecule has 1 aliphatic rings. The van der Waals surface area contributed by atoms with E-state index in [1.807, 2.05) is 0 Å². The van der Waals surface area contributed by atoms with E-state index in [0.717, 1.165) is 6.33 Å². The molecular weight excluding hydrogens is 412 g/mol. The average molecular weight is 427 g/mol. The van der Waals surface area contributed by atoms with Crippen LogP contribution in [0.25, 0.3) is 11.2 Å². The summed E-state index contributed by atoms with van der Waals surface area (Å²) in [5.74, 6) is 0.0335. The number of aliphatic hydroxyl groups is 1. The van der Waals surface area contributed by atoms with E-state index in [1.54, 1.807) is 0 Å². The lowest BCUT2D eigenvalue weighted by atomic mass is 10.1. The molecule has 0 radical (unpaired) electrons. The first-order valence-corrected chi connectivity index (χ1v) is 10.2. The molecule has 4 atom stereocenters. The number of nitrogens with zero attached hydrogens (tertiary/aromatic N) is 4. The average Bonchev–Trinajstić information content (AvgIpc) is 3.07. The minimum absolute atomic E-state index is 0.0335. The molecule has 0 aromatic carbocycles. The third-order valence-electron chi connectivity index (χ3n) is 3.64. The van der Waals surface area contributed by atoms with E-state index in [-0.39, 0.29) is 17.0 Å². The Hall–Kier alpha value is -1.51. The Balaban J connectivity index is 1.95. The topological polar surface area (TPSA) is 233 Å². The van der Waals surface area contributed by atoms with Crippen molar-refractivity contribution in [2.24, 2.45) is 0 Å². The standard InChI is InChI=1S/C10H15N5O10P2/c11-8-5-9(13-2-12-8)15(3-14-5)10-7(25-27(20,21)22)6(16)4(24-10)1-23-26(17,18)19/h2-4,6-7,10,16H,1H2,(H2,11,12,13)(H2,17,18,19)(H2,20,21,22)/t4-,6?,7+,10-/m0/s1. The van der Waals surface area contributed by atoms with Gasteiger partial charge in [0.1, 0.15) is 30.2 Å². The van der Waals surface area contributed by atoms with Crippen LogP contribution in [0.3, 0.4) is 0 Å². The van der Waals surface area contributed by atoms with Gasteiger partial charge in [0.15, 0.2) is 17.7 Å². The van der Waals surface area contributed by atoms with Crippen LogP contribution < -0.4 is 5.73 Å². The van der Waals surface area contributed by atoms with Gasteiger partial charge in [0.25, 0.3) is 0 Å². The van der Waals surface area contributed by atoms with E-state index < -0.39 is 46.8 Å². The number of hydrogen-bond acceptors (Lipinski definition) is 10. The molecular formula is C10H15N5O10P2. The lowest BCUT2D eigenvalue weighted by Crippen LogP contribution is -2.35. The summed E-state index contributed by atoms with van der Waals surface area (Å²) in [6, 6.07) is 0. The number of imidazole rings is 1. The summed E-state index contributed by atoms with van der Waals surface area (Å²) in [4.78, 5) is 47.5. The Morgan fingerprint density at radius 2 is 1.89 bits per heavy atom. The predicted octanol–water partition coefficient (Wildman–Crippen LogP) is -1.75. The van der Waals surface area contributed by atoms with Crippen LogP contribution in [0.15, 0.2) is 12.7 Å². The smallest absolute Gasteiger partial charge is 0.387 e. The summed E-state index contributed by atoms with van der Waals surface area (Å²) < 4.78 is 37.7. The first kappa shape index (κ1) is 20.2. The van der Waals surface area contributed by atoms with E-state index in [1.165, 1.54) is 10.9 Å². The number of phosphoric acid groups is 2. The van der Waals surface area contributed by atoms with Crippen LogP contribution in [0.2, 0.25) is 0 Å². The van der Waals surface area contributed by atoms with Gasteiger partial charge in [0.05, 0.1) is 12.9 Å². The van der Waals surface area contributed by atoms with Crippen molar-refractivity contribution < 1.29 is 47.6 Å². The van der Waals surface area contributed by atoms with Gasteiger partial charge in [0.2, 0.25) is 0 Å². The number of aromatic nitrogens is 4. The maximum absolute atomic E-state index is 11.3. The van der Waals surface area contributed by atoms with Crippen LogP contribution in [0.4, 0.5) is 5.82 Å². The van der Waals surface area contributed by atoms with Crippen molar-refractivity contribution >= 4 is 32.6 Å². The molecule has 3 rings (SSSR count). The van der Waals surface area contributed by atoms with Crippen molar-refractivity contribution in [1.82, 2.24) is 19.5 Å². The molecule has 0 saturated carbocycles. The zero-order valence-corrected chi connectivity index (χ0v) is 15.0. The van der Waals surface area contributed by atoms with Crippen LogP contribution in [-0.2, 0) is 22.9 Å². The second-order valence-electron chi connectivity index (χ2n) is 5.49. The third-order valence-corrected chi connectivity index (χ3v) is 4.64. The first-order chi connectivity index (χ1) is 12.5. The molecule has 2 aromatic rings. The van der Waals surface area contributed by atoms with Gasteiger partial charge in [-0.1, -0.05) is 0 Å². The molecule has 27 heavy (non-hydrogen) atoms. The van der Waals surface area contributed by atoms with Crippen LogP contribution in [-0.4, -0.2) is 69.1 Å². The molecule has 0 bridgehead atoms. The van der Waals surface area contributed by atoms with Crippen LogP contribution in [0.1, 0.15) is 6.23 Å². The molecule has 1 aliphatic heterocycles. The number of aliphatic hydroxyl groups excluding tert-OH is 1. The first-order valence-electron chi connectivity index (χ1n) is 7.17. The van der Waals surface area contributed by atoms with E-state index in [4.69, 9.17) is 30.0 Å². The molecule has 1 unspecified atom stereocenters. The van der Waals surface area contributed by atoms with Gasteiger partial charge >= 0.3 is 15.6 Å². The lowest BCUT2D eigenvalue weighted by molar-refractivity contribution is -0.0498. The van der Waals surface area contributed by atoms with E-state index in [2.05, 4.69) is 24.0 Å². The molecule has 0 aliphatic carbocycles. The fraction of sp³-hybridized carbons (Fsp3) is 0.500. The number of ether oxygens (including phenoxy) is 1. The highest BCUT2D eigenvalue weighted by atomic mass is 31.2. The minimum Gasteiger partial charge on any atom is -0.387 e. The fourth-order valence-corrected chi connectivity index (χ4v) is 3.47. The molecule has 3 heterocycles. The summed E-state index contributed by atoms with van der Waals surface area (Å²) in [5, 5.41) is 10.3. The van der Waals surface area contributed by atoms with Gasteiger partial charge in [-0.05, 0) is 0 Å². The monoisotopic (exact) mass is 427 g/mol. The zero-order valence-electron chi connectivity index (χ0n) is 13.2. The highest BCUT2D eigenvalue weighted by Crippen LogP contribution is 2.46. The van der Waals surface area contributed by atoms with Crippen molar-refractivity contribution in [2.45, 2.75) is 24.5 Å². The quantitative estimate of drug-likeness (QED) is 0.281. The number of hydrogen-bond donors (Lipinski definition) is 6. The van der Waals surface area contributed by atoms with Gasteiger partial charge in [-0.15, -0.1) is 0 Å². The van der Waals surface area contributed by atoms with Crippen molar-refractivity contribution in [3.05, 3.63) is 12.7 Å². The van der Waals surface area contributed by atoms with Crippen molar-refractivity contribution in [3.8, 4) is 0 Å². The maximum Gasteiger partial charge on any atom is 0.470 e. The molecule has 0 spiro atoms. The molecule has 0 amide bonds. The minimum atomic E-state index is -5.06. The second kappa shape index (κ2) is 7.14. The van der Waals surface area contributed by atoms with Gasteiger partial charge in [-0.3, -0.25) is 13.6 Å². The molecule has 7 N–H and O–H groups in total. The summed E-state index contributed by atoms with van der Waals surface area (Å²) >= 11 is 0. The van der Waals surface area contributed by atoms with Gasteiger partial charge in [-0.2, -0.15) is 0 Å². The second-order valence-corrected chi connectivity index (χ2v) is 7.92. The largest absolute Gasteiger partial charge is 0.470 e. The van der Waals surface area contributed by atoms with Crippen LogP contribution in [0.5, 0.6) is 0 Å². The predicted molar refractivity (Wildman–Crippen MR) is 84.6 cm³/mol. The van der Waals surface area contributed by atoms with Crippen LogP contribution >= 0.6 is 15.6 Å². The third kappa shape index (κ3) is 4.50. The molecule has 2 aromatic heterocycles. The van der Waals surface area contributed by atoms with E-state index in [9.17, 15) is 14.2 Å². The summed E-state index contributed by atoms with van der Waals surface area (Å²) in [5.41, 5.74) is 5.96. The lowest BCUT2D eigenvalue weighted by Gasteiger charge is -2.22. The van der Waals surface area contributed by atoms with Gasteiger partial charge in [0, 0.05) is 0 Å². The van der Waals surface area contributed by atoms with Crippen molar-refractivity contribution in [2.75, 3.05) is 12.3 Å². The molecule has 1 saturated heterocycles. The molecule has 1 fully saturated rings. The number of phosphoric ester groups is 2. The Morgan fingerprint density at radius 1 is 1.19 bits per heavy atom. The molecule has 17 heteroatoms. The summed E-state index contributed by atoms with van der Waals surface area (Å²) in [6.45, 7) is -0.771. The van der Waals surface area contributed by atoms with Crippen molar-refractivity contribution in [1.29, 1.82) is 0 Å². The molecule has 150 valence electrons.